The average molecular weight is 293 g/mol. The summed E-state index contributed by atoms with van der Waals surface area (Å²) in [7, 11) is 1.53. The minimum absolute atomic E-state index is 0.572. The molecule has 1 atom stereocenters. The molecule has 5 heteroatoms. The summed E-state index contributed by atoms with van der Waals surface area (Å²) < 4.78 is 10.6. The molecular weight excluding hydrogens is 270 g/mol. The highest BCUT2D eigenvalue weighted by Gasteiger charge is 2.33. The molecule has 1 unspecified atom stereocenters. The molecule has 1 aromatic carbocycles. The standard InChI is InChI=1S/C16H23NO4/c1-11-8-7-9-12(13(11)20-6)16(5,10-18)17-14(19)21-15(2,3)4/h7-10H,1-6H3,(H,17,19). The van der Waals surface area contributed by atoms with Gasteiger partial charge in [0.15, 0.2) is 0 Å². The number of alkyl carbamates (subject to hydrolysis) is 1. The number of methoxy groups -OCH3 is 1. The fraction of sp³-hybridized carbons (Fsp3) is 0.500. The summed E-state index contributed by atoms with van der Waals surface area (Å²) in [6.45, 7) is 8.77. The zero-order valence-electron chi connectivity index (χ0n) is 13.4. The molecule has 0 aromatic heterocycles. The van der Waals surface area contributed by atoms with Crippen molar-refractivity contribution >= 4 is 12.4 Å². The molecule has 5 nitrogen and oxygen atoms in total. The van der Waals surface area contributed by atoms with Crippen LogP contribution in [-0.2, 0) is 15.1 Å². The molecule has 0 aliphatic heterocycles. The van der Waals surface area contributed by atoms with Gasteiger partial charge in [-0.15, -0.1) is 0 Å². The molecule has 0 heterocycles. The van der Waals surface area contributed by atoms with Crippen LogP contribution in [0.25, 0.3) is 0 Å². The van der Waals surface area contributed by atoms with E-state index in [1.54, 1.807) is 33.8 Å². The van der Waals surface area contributed by atoms with E-state index in [-0.39, 0.29) is 0 Å². The molecule has 1 amide bonds. The third-order valence-electron chi connectivity index (χ3n) is 2.97. The Morgan fingerprint density at radius 1 is 1.24 bits per heavy atom. The van der Waals surface area contributed by atoms with Gasteiger partial charge in [-0.1, -0.05) is 18.2 Å². The van der Waals surface area contributed by atoms with Gasteiger partial charge in [0.25, 0.3) is 0 Å². The number of benzene rings is 1. The molecule has 116 valence electrons. The van der Waals surface area contributed by atoms with Gasteiger partial charge in [0.05, 0.1) is 7.11 Å². The molecule has 1 rings (SSSR count). The topological polar surface area (TPSA) is 64.6 Å². The Labute approximate surface area is 125 Å². The van der Waals surface area contributed by atoms with E-state index in [4.69, 9.17) is 9.47 Å². The van der Waals surface area contributed by atoms with Crippen LogP contribution in [0.2, 0.25) is 0 Å². The average Bonchev–Trinajstić information content (AvgIpc) is 2.35. The SMILES string of the molecule is COc1c(C)cccc1C(C)(C=O)NC(=O)OC(C)(C)C. The maximum atomic E-state index is 12.0. The lowest BCUT2D eigenvalue weighted by atomic mass is 9.91. The van der Waals surface area contributed by atoms with Crippen molar-refractivity contribution in [1.29, 1.82) is 0 Å². The first kappa shape index (κ1) is 17.0. The van der Waals surface area contributed by atoms with E-state index in [2.05, 4.69) is 5.32 Å². The first-order valence-corrected chi connectivity index (χ1v) is 6.74. The van der Waals surface area contributed by atoms with E-state index >= 15 is 0 Å². The number of rotatable bonds is 4. The third kappa shape index (κ3) is 4.21. The van der Waals surface area contributed by atoms with E-state index in [1.807, 2.05) is 19.1 Å². The van der Waals surface area contributed by atoms with E-state index in [1.165, 1.54) is 7.11 Å². The van der Waals surface area contributed by atoms with Crippen LogP contribution < -0.4 is 10.1 Å². The van der Waals surface area contributed by atoms with Crippen LogP contribution in [0.5, 0.6) is 5.75 Å². The number of ether oxygens (including phenoxy) is 2. The first-order chi connectivity index (χ1) is 9.63. The summed E-state index contributed by atoms with van der Waals surface area (Å²) >= 11 is 0. The minimum atomic E-state index is -1.22. The van der Waals surface area contributed by atoms with Crippen LogP contribution in [0.3, 0.4) is 0 Å². The number of aryl methyl sites for hydroxylation is 1. The van der Waals surface area contributed by atoms with E-state index in [0.29, 0.717) is 17.6 Å². The molecule has 1 N–H and O–H groups in total. The van der Waals surface area contributed by atoms with Gasteiger partial charge in [-0.25, -0.2) is 4.79 Å². The first-order valence-electron chi connectivity index (χ1n) is 6.74. The molecule has 0 saturated heterocycles. The van der Waals surface area contributed by atoms with Crippen LogP contribution in [0.15, 0.2) is 18.2 Å². The van der Waals surface area contributed by atoms with Crippen LogP contribution in [0.1, 0.15) is 38.8 Å². The van der Waals surface area contributed by atoms with Gasteiger partial charge in [-0.3, -0.25) is 0 Å². The number of hydrogen-bond donors (Lipinski definition) is 1. The molecule has 0 spiro atoms. The number of carbonyl (C=O) groups is 2. The highest BCUT2D eigenvalue weighted by atomic mass is 16.6. The van der Waals surface area contributed by atoms with Gasteiger partial charge in [-0.2, -0.15) is 0 Å². The molecular formula is C16H23NO4. The van der Waals surface area contributed by atoms with Crippen molar-refractivity contribution < 1.29 is 19.1 Å². The van der Waals surface area contributed by atoms with Crippen LogP contribution in [0, 0.1) is 6.92 Å². The number of carbonyl (C=O) groups excluding carboxylic acids is 2. The lowest BCUT2D eigenvalue weighted by Crippen LogP contribution is -2.47. The van der Waals surface area contributed by atoms with Crippen molar-refractivity contribution in [2.75, 3.05) is 7.11 Å². The van der Waals surface area contributed by atoms with Gasteiger partial charge >= 0.3 is 6.09 Å². The van der Waals surface area contributed by atoms with Crippen LogP contribution >= 0.6 is 0 Å². The maximum absolute atomic E-state index is 12.0. The van der Waals surface area contributed by atoms with Gasteiger partial charge in [-0.05, 0) is 40.2 Å². The normalized spacial score (nSPS) is 14.0. The van der Waals surface area contributed by atoms with Crippen molar-refractivity contribution in [3.63, 3.8) is 0 Å². The minimum Gasteiger partial charge on any atom is -0.496 e. The van der Waals surface area contributed by atoms with Gasteiger partial charge in [0, 0.05) is 5.56 Å². The van der Waals surface area contributed by atoms with E-state index in [9.17, 15) is 9.59 Å². The lowest BCUT2D eigenvalue weighted by Gasteiger charge is -2.29. The van der Waals surface area contributed by atoms with Crippen LogP contribution in [0.4, 0.5) is 4.79 Å². The number of nitrogens with one attached hydrogen (secondary N) is 1. The highest BCUT2D eigenvalue weighted by Crippen LogP contribution is 2.31. The molecule has 1 aromatic rings. The summed E-state index contributed by atoms with van der Waals surface area (Å²) in [4.78, 5) is 23.5. The Balaban J connectivity index is 3.14. The fourth-order valence-electron chi connectivity index (χ4n) is 2.01. The Morgan fingerprint density at radius 3 is 2.33 bits per heavy atom. The summed E-state index contributed by atoms with van der Waals surface area (Å²) in [5, 5.41) is 2.61. The number of amides is 1. The zero-order chi connectivity index (χ0) is 16.3. The Hall–Kier alpha value is -2.04. The summed E-state index contributed by atoms with van der Waals surface area (Å²) in [5.41, 5.74) is -0.385. The van der Waals surface area contributed by atoms with E-state index < -0.39 is 17.2 Å². The molecule has 0 bridgehead atoms. The number of hydrogen-bond acceptors (Lipinski definition) is 4. The predicted molar refractivity (Wildman–Crippen MR) is 80.5 cm³/mol. The number of para-hydroxylation sites is 1. The Morgan fingerprint density at radius 2 is 1.86 bits per heavy atom. The molecule has 0 fully saturated rings. The second-order valence-electron chi connectivity index (χ2n) is 6.10. The molecule has 21 heavy (non-hydrogen) atoms. The van der Waals surface area contributed by atoms with Crippen LogP contribution in [-0.4, -0.2) is 25.1 Å². The lowest BCUT2D eigenvalue weighted by molar-refractivity contribution is -0.113. The van der Waals surface area contributed by atoms with Crippen molar-refractivity contribution in [1.82, 2.24) is 5.32 Å². The Bertz CT molecular complexity index is 534. The van der Waals surface area contributed by atoms with Gasteiger partial charge in [0.2, 0.25) is 0 Å². The second-order valence-corrected chi connectivity index (χ2v) is 6.10. The third-order valence-corrected chi connectivity index (χ3v) is 2.97. The zero-order valence-corrected chi connectivity index (χ0v) is 13.4. The van der Waals surface area contributed by atoms with Gasteiger partial charge in [0.1, 0.15) is 23.2 Å². The summed E-state index contributed by atoms with van der Waals surface area (Å²) in [6, 6.07) is 5.43. The van der Waals surface area contributed by atoms with Gasteiger partial charge < -0.3 is 19.6 Å². The molecule has 0 aliphatic rings. The fourth-order valence-corrected chi connectivity index (χ4v) is 2.01. The molecule has 0 aliphatic carbocycles. The quantitative estimate of drug-likeness (QED) is 0.867. The van der Waals surface area contributed by atoms with Crippen molar-refractivity contribution in [3.8, 4) is 5.75 Å². The number of aldehydes is 1. The maximum Gasteiger partial charge on any atom is 0.408 e. The molecule has 0 saturated carbocycles. The Kier molecular flexibility index (Phi) is 4.99. The summed E-state index contributed by atoms with van der Waals surface area (Å²) in [5.74, 6) is 0.572. The smallest absolute Gasteiger partial charge is 0.408 e. The highest BCUT2D eigenvalue weighted by molar-refractivity contribution is 5.79. The van der Waals surface area contributed by atoms with Crippen molar-refractivity contribution in [3.05, 3.63) is 29.3 Å². The van der Waals surface area contributed by atoms with Crippen molar-refractivity contribution in [2.45, 2.75) is 45.8 Å². The molecule has 0 radical (unpaired) electrons. The van der Waals surface area contributed by atoms with Crippen molar-refractivity contribution in [2.24, 2.45) is 0 Å². The second kappa shape index (κ2) is 6.16. The predicted octanol–water partition coefficient (Wildman–Crippen LogP) is 2.94. The monoisotopic (exact) mass is 293 g/mol. The van der Waals surface area contributed by atoms with E-state index in [0.717, 1.165) is 5.56 Å². The summed E-state index contributed by atoms with van der Waals surface area (Å²) in [6.07, 6.45) is 0.0226. The largest absolute Gasteiger partial charge is 0.496 e.